The van der Waals surface area contributed by atoms with Crippen molar-refractivity contribution in [3.05, 3.63) is 24.3 Å². The third-order valence-corrected chi connectivity index (χ3v) is 5.70. The molecule has 0 saturated carbocycles. The first-order valence-electron chi connectivity index (χ1n) is 7.31. The quantitative estimate of drug-likeness (QED) is 0.738. The van der Waals surface area contributed by atoms with Crippen molar-refractivity contribution in [1.29, 1.82) is 5.26 Å². The first-order valence-corrected chi connectivity index (χ1v) is 8.75. The van der Waals surface area contributed by atoms with Crippen molar-refractivity contribution in [3.8, 4) is 11.8 Å². The molecule has 1 saturated heterocycles. The van der Waals surface area contributed by atoms with Crippen molar-refractivity contribution in [2.75, 3.05) is 39.8 Å². The molecule has 2 rings (SSSR count). The summed E-state index contributed by atoms with van der Waals surface area (Å²) in [6.45, 7) is 3.24. The molecular weight excluding hydrogens is 302 g/mol. The minimum Gasteiger partial charge on any atom is -0.497 e. The van der Waals surface area contributed by atoms with Gasteiger partial charge < -0.3 is 9.64 Å². The van der Waals surface area contributed by atoms with E-state index in [2.05, 4.69) is 11.0 Å². The van der Waals surface area contributed by atoms with E-state index in [4.69, 9.17) is 10.00 Å². The van der Waals surface area contributed by atoms with Crippen molar-refractivity contribution < 1.29 is 13.2 Å². The average molecular weight is 323 g/mol. The van der Waals surface area contributed by atoms with Crippen LogP contribution in [0.5, 0.6) is 5.75 Å². The summed E-state index contributed by atoms with van der Waals surface area (Å²) in [5, 5.41) is 8.54. The Balaban J connectivity index is 1.95. The number of unbranched alkanes of at least 4 members (excludes halogenated alkanes) is 1. The van der Waals surface area contributed by atoms with Crippen LogP contribution >= 0.6 is 0 Å². The molecule has 0 N–H and O–H groups in total. The molecule has 1 aliphatic rings. The topological polar surface area (TPSA) is 73.6 Å². The lowest BCUT2D eigenvalue weighted by Crippen LogP contribution is -2.48. The largest absolute Gasteiger partial charge is 0.497 e. The van der Waals surface area contributed by atoms with Gasteiger partial charge in [-0.15, -0.1) is 0 Å². The fourth-order valence-corrected chi connectivity index (χ4v) is 3.89. The number of nitriles is 1. The van der Waals surface area contributed by atoms with E-state index in [9.17, 15) is 8.42 Å². The molecule has 0 spiro atoms. The first-order chi connectivity index (χ1) is 10.6. The molecule has 120 valence electrons. The zero-order valence-electron chi connectivity index (χ0n) is 12.7. The third kappa shape index (κ3) is 3.97. The Hall–Kier alpha value is -1.62. The van der Waals surface area contributed by atoms with Crippen molar-refractivity contribution >= 4 is 10.0 Å². The predicted molar refractivity (Wildman–Crippen MR) is 83.0 cm³/mol. The van der Waals surface area contributed by atoms with Gasteiger partial charge in [-0.3, -0.25) is 0 Å². The minimum atomic E-state index is -3.44. The highest BCUT2D eigenvalue weighted by atomic mass is 32.2. The van der Waals surface area contributed by atoms with Crippen LogP contribution in [0.25, 0.3) is 0 Å². The number of methoxy groups -OCH3 is 1. The standard InChI is InChI=1S/C15H21N3O3S/c1-21-14-4-6-15(7-5-14)22(19,20)18-12-10-17(11-13-18)9-3-2-8-16/h4-7H,2-3,9-13H2,1H3. The van der Waals surface area contributed by atoms with Crippen LogP contribution in [0.1, 0.15) is 12.8 Å². The molecule has 6 nitrogen and oxygen atoms in total. The lowest BCUT2D eigenvalue weighted by atomic mass is 10.3. The van der Waals surface area contributed by atoms with Crippen LogP contribution in [-0.4, -0.2) is 57.5 Å². The molecule has 0 aliphatic carbocycles. The van der Waals surface area contributed by atoms with Crippen LogP contribution in [0.2, 0.25) is 0 Å². The molecule has 7 heteroatoms. The Labute approximate surface area is 131 Å². The summed E-state index contributed by atoms with van der Waals surface area (Å²) in [5.41, 5.74) is 0. The Morgan fingerprint density at radius 1 is 1.18 bits per heavy atom. The van der Waals surface area contributed by atoms with Crippen molar-refractivity contribution in [1.82, 2.24) is 9.21 Å². The lowest BCUT2D eigenvalue weighted by Gasteiger charge is -2.33. The van der Waals surface area contributed by atoms with Crippen molar-refractivity contribution in [2.24, 2.45) is 0 Å². The predicted octanol–water partition coefficient (Wildman–Crippen LogP) is 1.31. The Kier molecular flexibility index (Phi) is 5.77. The number of piperazine rings is 1. The smallest absolute Gasteiger partial charge is 0.243 e. The second-order valence-electron chi connectivity index (χ2n) is 5.18. The number of sulfonamides is 1. The van der Waals surface area contributed by atoms with Gasteiger partial charge in [0.15, 0.2) is 0 Å². The number of hydrogen-bond donors (Lipinski definition) is 0. The summed E-state index contributed by atoms with van der Waals surface area (Å²) in [5.74, 6) is 0.640. The van der Waals surface area contributed by atoms with Crippen LogP contribution in [-0.2, 0) is 10.0 Å². The summed E-state index contributed by atoms with van der Waals surface area (Å²) in [4.78, 5) is 2.50. The average Bonchev–Trinajstić information content (AvgIpc) is 2.55. The second kappa shape index (κ2) is 7.58. The Morgan fingerprint density at radius 2 is 1.82 bits per heavy atom. The van der Waals surface area contributed by atoms with E-state index in [1.165, 1.54) is 4.31 Å². The summed E-state index contributed by atoms with van der Waals surface area (Å²) in [6, 6.07) is 8.60. The van der Waals surface area contributed by atoms with Crippen LogP contribution in [0, 0.1) is 11.3 Å². The second-order valence-corrected chi connectivity index (χ2v) is 7.12. The molecule has 1 aromatic rings. The van der Waals surface area contributed by atoms with Gasteiger partial charge in [-0.2, -0.15) is 9.57 Å². The SMILES string of the molecule is COc1ccc(S(=O)(=O)N2CCN(CCCC#N)CC2)cc1. The molecule has 1 aromatic carbocycles. The van der Waals surface area contributed by atoms with Gasteiger partial charge in [0.05, 0.1) is 18.1 Å². The maximum atomic E-state index is 12.6. The van der Waals surface area contributed by atoms with Gasteiger partial charge in [0.25, 0.3) is 0 Å². The van der Waals surface area contributed by atoms with E-state index in [1.807, 2.05) is 0 Å². The molecule has 0 atom stereocenters. The van der Waals surface area contributed by atoms with Gasteiger partial charge in [0, 0.05) is 32.6 Å². The molecule has 0 unspecified atom stereocenters. The summed E-state index contributed by atoms with van der Waals surface area (Å²) >= 11 is 0. The normalized spacial score (nSPS) is 17.1. The van der Waals surface area contributed by atoms with Gasteiger partial charge in [0.1, 0.15) is 5.75 Å². The summed E-state index contributed by atoms with van der Waals surface area (Å²) in [6.07, 6.45) is 1.38. The Morgan fingerprint density at radius 3 is 2.36 bits per heavy atom. The number of nitrogens with zero attached hydrogens (tertiary/aromatic N) is 3. The minimum absolute atomic E-state index is 0.297. The highest BCUT2D eigenvalue weighted by Crippen LogP contribution is 2.20. The van der Waals surface area contributed by atoms with Crippen molar-refractivity contribution in [3.63, 3.8) is 0 Å². The zero-order chi connectivity index (χ0) is 16.0. The van der Waals surface area contributed by atoms with Gasteiger partial charge >= 0.3 is 0 Å². The molecular formula is C15H21N3O3S. The molecule has 0 aromatic heterocycles. The molecule has 22 heavy (non-hydrogen) atoms. The zero-order valence-corrected chi connectivity index (χ0v) is 13.6. The fourth-order valence-electron chi connectivity index (χ4n) is 2.47. The molecule has 1 fully saturated rings. The third-order valence-electron chi connectivity index (χ3n) is 3.79. The van der Waals surface area contributed by atoms with E-state index < -0.39 is 10.0 Å². The fraction of sp³-hybridized carbons (Fsp3) is 0.533. The molecule has 0 amide bonds. The number of hydrogen-bond acceptors (Lipinski definition) is 5. The first kappa shape index (κ1) is 16.7. The molecule has 0 radical (unpaired) electrons. The van der Waals surface area contributed by atoms with E-state index in [1.54, 1.807) is 31.4 Å². The van der Waals surface area contributed by atoms with Gasteiger partial charge in [0.2, 0.25) is 10.0 Å². The van der Waals surface area contributed by atoms with E-state index in [-0.39, 0.29) is 0 Å². The van der Waals surface area contributed by atoms with Crippen molar-refractivity contribution in [2.45, 2.75) is 17.7 Å². The number of benzene rings is 1. The van der Waals surface area contributed by atoms with Gasteiger partial charge in [-0.1, -0.05) is 0 Å². The maximum Gasteiger partial charge on any atom is 0.243 e. The summed E-state index contributed by atoms with van der Waals surface area (Å²) in [7, 11) is -1.89. The van der Waals surface area contributed by atoms with Gasteiger partial charge in [-0.05, 0) is 37.2 Å². The lowest BCUT2D eigenvalue weighted by molar-refractivity contribution is 0.187. The van der Waals surface area contributed by atoms with Crippen LogP contribution < -0.4 is 4.74 Å². The van der Waals surface area contributed by atoms with E-state index >= 15 is 0 Å². The Bertz CT molecular complexity index is 614. The highest BCUT2D eigenvalue weighted by molar-refractivity contribution is 7.89. The monoisotopic (exact) mass is 323 g/mol. The molecule has 0 bridgehead atoms. The number of rotatable bonds is 6. The maximum absolute atomic E-state index is 12.6. The van der Waals surface area contributed by atoms with E-state index in [0.29, 0.717) is 43.2 Å². The van der Waals surface area contributed by atoms with E-state index in [0.717, 1.165) is 13.0 Å². The van der Waals surface area contributed by atoms with Crippen LogP contribution in [0.15, 0.2) is 29.2 Å². The number of ether oxygens (including phenoxy) is 1. The molecule has 1 heterocycles. The van der Waals surface area contributed by atoms with Crippen LogP contribution in [0.3, 0.4) is 0 Å². The summed E-state index contributed by atoms with van der Waals surface area (Å²) < 4.78 is 31.7. The molecule has 1 aliphatic heterocycles. The highest BCUT2D eigenvalue weighted by Gasteiger charge is 2.28. The van der Waals surface area contributed by atoms with Crippen LogP contribution in [0.4, 0.5) is 0 Å². The van der Waals surface area contributed by atoms with Gasteiger partial charge in [-0.25, -0.2) is 8.42 Å².